The van der Waals surface area contributed by atoms with Gasteiger partial charge in [-0.25, -0.2) is 0 Å². The third kappa shape index (κ3) is 3.87. The van der Waals surface area contributed by atoms with E-state index >= 15 is 0 Å². The smallest absolute Gasteiger partial charge is 0.287 e. The Kier molecular flexibility index (Phi) is 5.96. The molecule has 0 aromatic heterocycles. The summed E-state index contributed by atoms with van der Waals surface area (Å²) in [6.45, 7) is 5.64. The van der Waals surface area contributed by atoms with E-state index in [0.29, 0.717) is 5.92 Å². The molecule has 0 heterocycles. The summed E-state index contributed by atoms with van der Waals surface area (Å²) in [5.41, 5.74) is 7.96. The zero-order chi connectivity index (χ0) is 12.4. The molecule has 1 radical (unpaired) electrons. The molecule has 4 heteroatoms. The number of benzene rings is 1. The third-order valence-corrected chi connectivity index (χ3v) is 3.31. The predicted molar refractivity (Wildman–Crippen MR) is 66.8 cm³/mol. The summed E-state index contributed by atoms with van der Waals surface area (Å²) < 4.78 is 0. The van der Waals surface area contributed by atoms with Gasteiger partial charge in [0, 0.05) is 39.6 Å². The molecule has 95 valence electrons. The molecule has 1 fully saturated rings. The van der Waals surface area contributed by atoms with Gasteiger partial charge in [0.15, 0.2) is 0 Å². The molecule has 1 aliphatic rings. The normalized spacial score (nSPS) is 21.7. The molecule has 0 N–H and O–H groups in total. The van der Waals surface area contributed by atoms with E-state index in [-0.39, 0.29) is 44.7 Å². The Labute approximate surface area is 134 Å². The van der Waals surface area contributed by atoms with Gasteiger partial charge in [0.1, 0.15) is 0 Å². The molecular formula is C14H18NO2Y-. The van der Waals surface area contributed by atoms with Gasteiger partial charge < -0.3 is 10.3 Å². The van der Waals surface area contributed by atoms with Crippen LogP contribution >= 0.6 is 0 Å². The van der Waals surface area contributed by atoms with Gasteiger partial charge in [0.05, 0.1) is 0 Å². The van der Waals surface area contributed by atoms with Crippen molar-refractivity contribution in [2.24, 2.45) is 0 Å². The van der Waals surface area contributed by atoms with E-state index in [4.69, 9.17) is 0 Å². The van der Waals surface area contributed by atoms with Crippen LogP contribution in [0.5, 0.6) is 0 Å². The first-order valence-corrected chi connectivity index (χ1v) is 6.01. The van der Waals surface area contributed by atoms with Gasteiger partial charge in [-0.3, -0.25) is 4.79 Å². The number of rotatable bonds is 3. The summed E-state index contributed by atoms with van der Waals surface area (Å²) in [5, 5.41) is 0. The van der Waals surface area contributed by atoms with Gasteiger partial charge >= 0.3 is 0 Å². The average Bonchev–Trinajstić information content (AvgIpc) is 2.17. The van der Waals surface area contributed by atoms with Crippen molar-refractivity contribution in [3.05, 3.63) is 40.4 Å². The molecule has 1 aromatic rings. The Bertz CT molecular complexity index is 428. The monoisotopic (exact) mass is 321 g/mol. The third-order valence-electron chi connectivity index (χ3n) is 3.31. The topological polar surface area (TPSA) is 40.4 Å². The van der Waals surface area contributed by atoms with Gasteiger partial charge in [-0.15, -0.1) is 6.04 Å². The molecule has 2 rings (SSSR count). The van der Waals surface area contributed by atoms with Crippen LogP contribution in [0.3, 0.4) is 0 Å². The molecule has 0 unspecified atom stereocenters. The zero-order valence-electron chi connectivity index (χ0n) is 11.1. The average molecular weight is 321 g/mol. The van der Waals surface area contributed by atoms with Crippen LogP contribution in [0.15, 0.2) is 18.2 Å². The van der Waals surface area contributed by atoms with E-state index in [2.05, 4.69) is 42.4 Å². The number of nitrogens with zero attached hydrogens (tertiary/aromatic N) is 1. The number of aryl methyl sites for hydroxylation is 2. The SMILES string of the molecule is CC(=O)O[N-]C1CC(c2ccc(C)cc2C)C1.[Y]. The predicted octanol–water partition coefficient (Wildman–Crippen LogP) is 3.40. The fourth-order valence-corrected chi connectivity index (χ4v) is 2.36. The van der Waals surface area contributed by atoms with Crippen molar-refractivity contribution < 1.29 is 42.3 Å². The molecule has 1 saturated carbocycles. The maximum atomic E-state index is 10.6. The molecule has 18 heavy (non-hydrogen) atoms. The van der Waals surface area contributed by atoms with E-state index in [0.717, 1.165) is 12.8 Å². The first-order chi connectivity index (χ1) is 8.06. The van der Waals surface area contributed by atoms with Crippen LogP contribution < -0.4 is 0 Å². The second-order valence-electron chi connectivity index (χ2n) is 4.87. The molecule has 0 bridgehead atoms. The maximum Gasteiger partial charge on any atom is 0.287 e. The molecule has 3 nitrogen and oxygen atoms in total. The van der Waals surface area contributed by atoms with Gasteiger partial charge in [0.25, 0.3) is 5.97 Å². The number of hydrogen-bond acceptors (Lipinski definition) is 2. The molecule has 0 aliphatic heterocycles. The van der Waals surface area contributed by atoms with Crippen LogP contribution in [-0.2, 0) is 42.3 Å². The zero-order valence-corrected chi connectivity index (χ0v) is 14.0. The molecule has 0 amide bonds. The first kappa shape index (κ1) is 15.8. The Balaban J connectivity index is 0.00000162. The van der Waals surface area contributed by atoms with Crippen LogP contribution in [0.25, 0.3) is 5.48 Å². The summed E-state index contributed by atoms with van der Waals surface area (Å²) in [4.78, 5) is 15.3. The summed E-state index contributed by atoms with van der Waals surface area (Å²) in [7, 11) is 0. The minimum atomic E-state index is -0.333. The van der Waals surface area contributed by atoms with Crippen molar-refractivity contribution in [1.82, 2.24) is 0 Å². The largest absolute Gasteiger partial charge is 0.561 e. The fraction of sp³-hybridized carbons (Fsp3) is 0.500. The van der Waals surface area contributed by atoms with Crippen molar-refractivity contribution in [2.45, 2.75) is 45.6 Å². The van der Waals surface area contributed by atoms with E-state index in [1.54, 1.807) is 0 Å². The summed E-state index contributed by atoms with van der Waals surface area (Å²) >= 11 is 0. The summed E-state index contributed by atoms with van der Waals surface area (Å²) in [6, 6.07) is 6.76. The second-order valence-corrected chi connectivity index (χ2v) is 4.87. The van der Waals surface area contributed by atoms with Gasteiger partial charge in [-0.1, -0.05) is 36.6 Å². The summed E-state index contributed by atoms with van der Waals surface area (Å²) in [6.07, 6.45) is 1.97. The second kappa shape index (κ2) is 6.79. The number of carbonyl (C=O) groups excluding carboxylic acids is 1. The van der Waals surface area contributed by atoms with Crippen molar-refractivity contribution in [1.29, 1.82) is 0 Å². The van der Waals surface area contributed by atoms with Crippen LogP contribution in [0.4, 0.5) is 0 Å². The van der Waals surface area contributed by atoms with Crippen LogP contribution in [0.2, 0.25) is 0 Å². The Morgan fingerprint density at radius 2 is 2.00 bits per heavy atom. The van der Waals surface area contributed by atoms with Crippen LogP contribution in [0.1, 0.15) is 42.4 Å². The molecule has 0 atom stereocenters. The fourth-order valence-electron chi connectivity index (χ4n) is 2.36. The minimum absolute atomic E-state index is 0. The van der Waals surface area contributed by atoms with E-state index in [9.17, 15) is 4.79 Å². The molecular weight excluding hydrogens is 303 g/mol. The Hall–Kier alpha value is -0.246. The van der Waals surface area contributed by atoms with Crippen molar-refractivity contribution >= 4 is 5.97 Å². The van der Waals surface area contributed by atoms with Crippen LogP contribution in [-0.4, -0.2) is 12.0 Å². The minimum Gasteiger partial charge on any atom is -0.561 e. The van der Waals surface area contributed by atoms with Crippen molar-refractivity contribution in [3.8, 4) is 0 Å². The first-order valence-electron chi connectivity index (χ1n) is 6.01. The maximum absolute atomic E-state index is 10.6. The summed E-state index contributed by atoms with van der Waals surface area (Å²) in [5.74, 6) is 0.236. The van der Waals surface area contributed by atoms with E-state index < -0.39 is 0 Å². The van der Waals surface area contributed by atoms with Gasteiger partial charge in [0.2, 0.25) is 0 Å². The molecule has 0 spiro atoms. The van der Waals surface area contributed by atoms with Crippen molar-refractivity contribution in [3.63, 3.8) is 0 Å². The number of hydroxylamine groups is 1. The quantitative estimate of drug-likeness (QED) is 0.801. The molecule has 1 aromatic carbocycles. The standard InChI is InChI=1S/C14H18NO2.Y/c1-9-4-5-14(10(2)6-9)12-7-13(8-12)15-17-11(3)16;/h4-6,12-13H,7-8H2,1-3H3;/q-1;. The Morgan fingerprint density at radius 1 is 1.33 bits per heavy atom. The van der Waals surface area contributed by atoms with Crippen molar-refractivity contribution in [2.75, 3.05) is 0 Å². The van der Waals surface area contributed by atoms with E-state index in [1.165, 1.54) is 23.6 Å². The van der Waals surface area contributed by atoms with Gasteiger partial charge in [-0.05, 0) is 30.9 Å². The van der Waals surface area contributed by atoms with E-state index in [1.807, 2.05) is 0 Å². The van der Waals surface area contributed by atoms with Crippen LogP contribution in [0, 0.1) is 13.8 Å². The molecule has 0 saturated heterocycles. The molecule has 1 aliphatic carbocycles. The number of carbonyl (C=O) groups is 1. The number of hydrogen-bond donors (Lipinski definition) is 0. The van der Waals surface area contributed by atoms with Gasteiger partial charge in [-0.2, -0.15) is 0 Å². The Morgan fingerprint density at radius 3 is 2.56 bits per heavy atom.